The van der Waals surface area contributed by atoms with Crippen LogP contribution in [0.5, 0.6) is 0 Å². The zero-order valence-electron chi connectivity index (χ0n) is 8.83. The molecule has 0 saturated heterocycles. The molecule has 3 nitrogen and oxygen atoms in total. The molecule has 1 rings (SSSR count). The highest BCUT2D eigenvalue weighted by molar-refractivity contribution is 9.11. The van der Waals surface area contributed by atoms with Crippen molar-refractivity contribution in [2.24, 2.45) is 0 Å². The van der Waals surface area contributed by atoms with Crippen LogP contribution in [0.2, 0.25) is 0 Å². The topological polar surface area (TPSA) is 46.2 Å². The highest BCUT2D eigenvalue weighted by Crippen LogP contribution is 2.27. The van der Waals surface area contributed by atoms with Crippen molar-refractivity contribution in [3.63, 3.8) is 0 Å². The van der Waals surface area contributed by atoms with Gasteiger partial charge in [0.1, 0.15) is 0 Å². The van der Waals surface area contributed by atoms with Crippen LogP contribution < -0.4 is 4.72 Å². The lowest BCUT2D eigenvalue weighted by Gasteiger charge is -2.09. The van der Waals surface area contributed by atoms with Gasteiger partial charge in [-0.05, 0) is 40.5 Å². The SMILES string of the molecule is CCCCS(=O)(=O)Nc1ccc(Br)cc1Br. The van der Waals surface area contributed by atoms with Crippen molar-refractivity contribution in [1.29, 1.82) is 0 Å². The standard InChI is InChI=1S/C10H13Br2NO2S/c1-2-3-6-16(14,15)13-10-5-4-8(11)7-9(10)12/h4-5,7,13H,2-3,6H2,1H3. The van der Waals surface area contributed by atoms with Crippen LogP contribution in [0, 0.1) is 0 Å². The fraction of sp³-hybridized carbons (Fsp3) is 0.400. The van der Waals surface area contributed by atoms with E-state index in [1.807, 2.05) is 6.92 Å². The Kier molecular flexibility index (Phi) is 5.27. The molecule has 1 aromatic rings. The molecule has 0 aliphatic carbocycles. The molecule has 0 atom stereocenters. The number of sulfonamides is 1. The molecule has 0 spiro atoms. The number of unbranched alkanes of at least 4 members (excludes halogenated alkanes) is 1. The summed E-state index contributed by atoms with van der Waals surface area (Å²) < 4.78 is 27.5. The minimum Gasteiger partial charge on any atom is -0.282 e. The normalized spacial score (nSPS) is 11.4. The van der Waals surface area contributed by atoms with Crippen LogP contribution in [-0.2, 0) is 10.0 Å². The summed E-state index contributed by atoms with van der Waals surface area (Å²) in [5.41, 5.74) is 0.569. The summed E-state index contributed by atoms with van der Waals surface area (Å²) >= 11 is 6.62. The van der Waals surface area contributed by atoms with Crippen molar-refractivity contribution >= 4 is 47.6 Å². The van der Waals surface area contributed by atoms with Crippen LogP contribution in [0.4, 0.5) is 5.69 Å². The lowest BCUT2D eigenvalue weighted by atomic mass is 10.3. The predicted molar refractivity (Wildman–Crippen MR) is 74.2 cm³/mol. The molecule has 0 amide bonds. The summed E-state index contributed by atoms with van der Waals surface area (Å²) in [6.45, 7) is 1.96. The molecule has 0 aliphatic rings. The molecule has 1 N–H and O–H groups in total. The Morgan fingerprint density at radius 1 is 1.31 bits per heavy atom. The van der Waals surface area contributed by atoms with Crippen LogP contribution in [0.25, 0.3) is 0 Å². The molecule has 0 unspecified atom stereocenters. The van der Waals surface area contributed by atoms with Crippen molar-refractivity contribution in [3.05, 3.63) is 27.1 Å². The number of hydrogen-bond donors (Lipinski definition) is 1. The Hall–Kier alpha value is -0.0700. The molecule has 0 heterocycles. The van der Waals surface area contributed by atoms with E-state index < -0.39 is 10.0 Å². The third kappa shape index (κ3) is 4.43. The number of rotatable bonds is 5. The average Bonchev–Trinajstić information content (AvgIpc) is 2.19. The Morgan fingerprint density at radius 3 is 2.56 bits per heavy atom. The monoisotopic (exact) mass is 369 g/mol. The molecule has 0 radical (unpaired) electrons. The van der Waals surface area contributed by atoms with Gasteiger partial charge in [-0.2, -0.15) is 0 Å². The van der Waals surface area contributed by atoms with Crippen molar-refractivity contribution in [1.82, 2.24) is 0 Å². The summed E-state index contributed by atoms with van der Waals surface area (Å²) in [6.07, 6.45) is 1.53. The highest BCUT2D eigenvalue weighted by Gasteiger charge is 2.11. The second kappa shape index (κ2) is 6.02. The van der Waals surface area contributed by atoms with Gasteiger partial charge in [-0.1, -0.05) is 29.3 Å². The third-order valence-corrected chi connectivity index (χ3v) is 4.47. The smallest absolute Gasteiger partial charge is 0.232 e. The summed E-state index contributed by atoms with van der Waals surface area (Å²) in [7, 11) is -3.23. The van der Waals surface area contributed by atoms with Gasteiger partial charge < -0.3 is 0 Å². The molecular weight excluding hydrogens is 358 g/mol. The molecule has 0 fully saturated rings. The maximum atomic E-state index is 11.7. The van der Waals surface area contributed by atoms with Gasteiger partial charge in [-0.3, -0.25) is 4.72 Å². The highest BCUT2D eigenvalue weighted by atomic mass is 79.9. The molecule has 0 saturated carbocycles. The van der Waals surface area contributed by atoms with E-state index >= 15 is 0 Å². The van der Waals surface area contributed by atoms with Crippen LogP contribution in [0.1, 0.15) is 19.8 Å². The zero-order chi connectivity index (χ0) is 12.2. The largest absolute Gasteiger partial charge is 0.282 e. The molecule has 0 aromatic heterocycles. The summed E-state index contributed by atoms with van der Waals surface area (Å²) in [5, 5.41) is 0. The third-order valence-electron chi connectivity index (χ3n) is 1.96. The first-order valence-electron chi connectivity index (χ1n) is 4.90. The lowest BCUT2D eigenvalue weighted by Crippen LogP contribution is -2.16. The van der Waals surface area contributed by atoms with Crippen molar-refractivity contribution < 1.29 is 8.42 Å². The van der Waals surface area contributed by atoms with Gasteiger partial charge in [-0.15, -0.1) is 0 Å². The molecule has 0 bridgehead atoms. The Bertz CT molecular complexity index is 460. The van der Waals surface area contributed by atoms with Gasteiger partial charge in [0.15, 0.2) is 0 Å². The van der Waals surface area contributed by atoms with Crippen molar-refractivity contribution in [2.75, 3.05) is 10.5 Å². The number of hydrogen-bond acceptors (Lipinski definition) is 2. The summed E-state index contributed by atoms with van der Waals surface area (Å²) in [4.78, 5) is 0. The van der Waals surface area contributed by atoms with Gasteiger partial charge >= 0.3 is 0 Å². The van der Waals surface area contributed by atoms with E-state index in [4.69, 9.17) is 0 Å². The van der Waals surface area contributed by atoms with Gasteiger partial charge in [-0.25, -0.2) is 8.42 Å². The average molecular weight is 371 g/mol. The van der Waals surface area contributed by atoms with E-state index in [1.165, 1.54) is 0 Å². The predicted octanol–water partition coefficient (Wildman–Crippen LogP) is 3.75. The number of nitrogens with one attached hydrogen (secondary N) is 1. The minimum atomic E-state index is -3.23. The molecule has 1 aromatic carbocycles. The van der Waals surface area contributed by atoms with Crippen LogP contribution in [0.3, 0.4) is 0 Å². The minimum absolute atomic E-state index is 0.159. The summed E-state index contributed by atoms with van der Waals surface area (Å²) in [6, 6.07) is 5.32. The van der Waals surface area contributed by atoms with E-state index in [0.717, 1.165) is 15.4 Å². The van der Waals surface area contributed by atoms with Crippen LogP contribution in [0.15, 0.2) is 27.1 Å². The lowest BCUT2D eigenvalue weighted by molar-refractivity contribution is 0.598. The van der Waals surface area contributed by atoms with Gasteiger partial charge in [0.25, 0.3) is 0 Å². The fourth-order valence-corrected chi connectivity index (χ4v) is 3.69. The number of anilines is 1. The van der Waals surface area contributed by atoms with Crippen molar-refractivity contribution in [3.8, 4) is 0 Å². The first-order chi connectivity index (χ1) is 7.44. The number of halogens is 2. The van der Waals surface area contributed by atoms with Gasteiger partial charge in [0.2, 0.25) is 10.0 Å². The quantitative estimate of drug-likeness (QED) is 0.857. The Balaban J connectivity index is 2.80. The van der Waals surface area contributed by atoms with Gasteiger partial charge in [0, 0.05) is 8.95 Å². The van der Waals surface area contributed by atoms with E-state index in [0.29, 0.717) is 12.1 Å². The van der Waals surface area contributed by atoms with E-state index in [-0.39, 0.29) is 5.75 Å². The Morgan fingerprint density at radius 2 is 2.00 bits per heavy atom. The first-order valence-corrected chi connectivity index (χ1v) is 8.14. The van der Waals surface area contributed by atoms with E-state index in [1.54, 1.807) is 18.2 Å². The van der Waals surface area contributed by atoms with E-state index in [2.05, 4.69) is 36.6 Å². The second-order valence-corrected chi connectivity index (χ2v) is 7.01. The molecule has 6 heteroatoms. The molecule has 90 valence electrons. The van der Waals surface area contributed by atoms with E-state index in [9.17, 15) is 8.42 Å². The first kappa shape index (κ1) is 14.0. The second-order valence-electron chi connectivity index (χ2n) is 3.40. The molecule has 16 heavy (non-hydrogen) atoms. The Labute approximate surface area is 113 Å². The zero-order valence-corrected chi connectivity index (χ0v) is 12.8. The van der Waals surface area contributed by atoms with Gasteiger partial charge in [0.05, 0.1) is 11.4 Å². The fourth-order valence-electron chi connectivity index (χ4n) is 1.13. The molecular formula is C10H13Br2NO2S. The number of benzene rings is 1. The maximum absolute atomic E-state index is 11.7. The maximum Gasteiger partial charge on any atom is 0.232 e. The van der Waals surface area contributed by atoms with Crippen LogP contribution >= 0.6 is 31.9 Å². The summed E-state index contributed by atoms with van der Waals surface area (Å²) in [5.74, 6) is 0.159. The van der Waals surface area contributed by atoms with Crippen molar-refractivity contribution in [2.45, 2.75) is 19.8 Å². The molecule has 0 aliphatic heterocycles. The van der Waals surface area contributed by atoms with Crippen LogP contribution in [-0.4, -0.2) is 14.2 Å².